The van der Waals surface area contributed by atoms with Crippen LogP contribution in [0.1, 0.15) is 5.56 Å². The number of carbonyl (C=O) groups is 1. The van der Waals surface area contributed by atoms with Crippen molar-refractivity contribution in [3.05, 3.63) is 59.9 Å². The van der Waals surface area contributed by atoms with E-state index in [1.807, 2.05) is 0 Å². The molecule has 0 amide bonds. The second-order valence-corrected chi connectivity index (χ2v) is 6.69. The summed E-state index contributed by atoms with van der Waals surface area (Å²) in [5.74, 6) is -0.781. The molecule has 0 aliphatic carbocycles. The average molecular weight is 378 g/mol. The predicted octanol–water partition coefficient (Wildman–Crippen LogP) is 1.60. The molecule has 0 saturated carbocycles. The third-order valence-electron chi connectivity index (χ3n) is 3.13. The maximum Gasteiger partial charge on any atom is 0.321 e. The Balaban J connectivity index is 1.77. The Morgan fingerprint density at radius 3 is 2.50 bits per heavy atom. The number of sulfonamides is 1. The molecule has 2 aromatic carbocycles. The number of nitrogens with zero attached hydrogens (tertiary/aromatic N) is 1. The molecule has 0 saturated heterocycles. The van der Waals surface area contributed by atoms with Crippen molar-refractivity contribution < 1.29 is 27.1 Å². The Labute approximate surface area is 150 Å². The minimum absolute atomic E-state index is 0.0268. The van der Waals surface area contributed by atoms with Crippen LogP contribution in [0.25, 0.3) is 0 Å². The summed E-state index contributed by atoms with van der Waals surface area (Å²) in [5, 5.41) is 8.94. The lowest BCUT2D eigenvalue weighted by Crippen LogP contribution is -2.31. The van der Waals surface area contributed by atoms with Crippen molar-refractivity contribution >= 4 is 16.0 Å². The van der Waals surface area contributed by atoms with Crippen LogP contribution in [0, 0.1) is 17.1 Å². The monoisotopic (exact) mass is 378 g/mol. The highest BCUT2D eigenvalue weighted by molar-refractivity contribution is 7.89. The number of ether oxygens (including phenoxy) is 2. The van der Waals surface area contributed by atoms with E-state index >= 15 is 0 Å². The van der Waals surface area contributed by atoms with Crippen LogP contribution in [0.3, 0.4) is 0 Å². The van der Waals surface area contributed by atoms with Gasteiger partial charge in [-0.2, -0.15) is 9.98 Å². The largest absolute Gasteiger partial charge is 0.490 e. The fourth-order valence-corrected chi connectivity index (χ4v) is 3.05. The molecule has 0 unspecified atom stereocenters. The summed E-state index contributed by atoms with van der Waals surface area (Å²) in [6.07, 6.45) is 0. The molecule has 26 heavy (non-hydrogen) atoms. The molecule has 0 aromatic heterocycles. The number of carbonyl (C=O) groups excluding carboxylic acids is 1. The van der Waals surface area contributed by atoms with Gasteiger partial charge in [0.15, 0.2) is 0 Å². The van der Waals surface area contributed by atoms with Crippen molar-refractivity contribution in [1.82, 2.24) is 4.72 Å². The van der Waals surface area contributed by atoms with E-state index in [9.17, 15) is 17.6 Å². The fraction of sp³-hybridized carbons (Fsp3) is 0.176. The van der Waals surface area contributed by atoms with Crippen molar-refractivity contribution in [2.75, 3.05) is 19.8 Å². The van der Waals surface area contributed by atoms with E-state index in [0.717, 1.165) is 0 Å². The van der Waals surface area contributed by atoms with E-state index in [1.54, 1.807) is 6.07 Å². The normalized spacial score (nSPS) is 10.8. The van der Waals surface area contributed by atoms with Crippen LogP contribution in [0.15, 0.2) is 53.4 Å². The molecule has 0 spiro atoms. The quantitative estimate of drug-likeness (QED) is 0.552. The molecule has 2 aromatic rings. The molecule has 0 fully saturated rings. The molecule has 0 aliphatic heterocycles. The van der Waals surface area contributed by atoms with Gasteiger partial charge in [-0.3, -0.25) is 4.79 Å². The van der Waals surface area contributed by atoms with Crippen LogP contribution < -0.4 is 9.46 Å². The Bertz CT molecular complexity index is 907. The first-order chi connectivity index (χ1) is 12.4. The van der Waals surface area contributed by atoms with E-state index in [2.05, 4.69) is 4.72 Å². The van der Waals surface area contributed by atoms with Crippen molar-refractivity contribution in [1.29, 1.82) is 5.26 Å². The number of hydrogen-bond donors (Lipinski definition) is 1. The number of halogens is 1. The molecule has 9 heteroatoms. The van der Waals surface area contributed by atoms with Gasteiger partial charge in [0, 0.05) is 0 Å². The maximum absolute atomic E-state index is 12.7. The lowest BCUT2D eigenvalue weighted by Gasteiger charge is -2.09. The molecule has 1 N–H and O–H groups in total. The molecule has 2 rings (SSSR count). The first kappa shape index (κ1) is 19.4. The number of esters is 1. The summed E-state index contributed by atoms with van der Waals surface area (Å²) in [7, 11) is -4.02. The smallest absolute Gasteiger partial charge is 0.321 e. The van der Waals surface area contributed by atoms with Gasteiger partial charge in [-0.05, 0) is 36.4 Å². The number of nitriles is 1. The molecule has 136 valence electrons. The highest BCUT2D eigenvalue weighted by atomic mass is 32.2. The van der Waals surface area contributed by atoms with Crippen molar-refractivity contribution in [3.63, 3.8) is 0 Å². The predicted molar refractivity (Wildman–Crippen MR) is 89.2 cm³/mol. The molecular weight excluding hydrogens is 363 g/mol. The first-order valence-electron chi connectivity index (χ1n) is 7.45. The topological polar surface area (TPSA) is 105 Å². The fourth-order valence-electron chi connectivity index (χ4n) is 1.92. The zero-order chi connectivity index (χ0) is 19.0. The van der Waals surface area contributed by atoms with Gasteiger partial charge in [-0.15, -0.1) is 0 Å². The van der Waals surface area contributed by atoms with Gasteiger partial charge in [-0.25, -0.2) is 12.8 Å². The van der Waals surface area contributed by atoms with Crippen LogP contribution in [0.4, 0.5) is 4.39 Å². The zero-order valence-corrected chi connectivity index (χ0v) is 14.3. The number of nitrogens with one attached hydrogen (secondary N) is 1. The molecule has 0 atom stereocenters. The second-order valence-electron chi connectivity index (χ2n) is 4.96. The number of rotatable bonds is 8. The molecule has 0 heterocycles. The minimum Gasteiger partial charge on any atom is -0.490 e. The third kappa shape index (κ3) is 5.54. The first-order valence-corrected chi connectivity index (χ1v) is 8.93. The number of hydrogen-bond acceptors (Lipinski definition) is 6. The summed E-state index contributed by atoms with van der Waals surface area (Å²) >= 11 is 0. The SMILES string of the molecule is N#Cc1ccccc1S(=O)(=O)NCC(=O)OCCOc1ccc(F)cc1. The van der Waals surface area contributed by atoms with E-state index in [0.29, 0.717) is 5.75 Å². The lowest BCUT2D eigenvalue weighted by atomic mass is 10.2. The van der Waals surface area contributed by atoms with Crippen LogP contribution in [-0.4, -0.2) is 34.1 Å². The lowest BCUT2D eigenvalue weighted by molar-refractivity contribution is -0.142. The van der Waals surface area contributed by atoms with Gasteiger partial charge < -0.3 is 9.47 Å². The van der Waals surface area contributed by atoms with Gasteiger partial charge in [0.2, 0.25) is 10.0 Å². The van der Waals surface area contributed by atoms with Crippen molar-refractivity contribution in [3.8, 4) is 11.8 Å². The Morgan fingerprint density at radius 2 is 1.81 bits per heavy atom. The average Bonchev–Trinajstić information content (AvgIpc) is 2.65. The molecule has 7 nitrogen and oxygen atoms in total. The van der Waals surface area contributed by atoms with Gasteiger partial charge in [0.1, 0.15) is 37.4 Å². The summed E-state index contributed by atoms with van der Waals surface area (Å²) < 4.78 is 49.2. The molecular formula is C17H15FN2O5S. The van der Waals surface area contributed by atoms with Crippen LogP contribution >= 0.6 is 0 Å². The van der Waals surface area contributed by atoms with Crippen molar-refractivity contribution in [2.45, 2.75) is 4.90 Å². The molecule has 0 aliphatic rings. The molecule has 0 radical (unpaired) electrons. The summed E-state index contributed by atoms with van der Waals surface area (Å²) in [4.78, 5) is 11.4. The second kappa shape index (κ2) is 8.94. The standard InChI is InChI=1S/C17H15FN2O5S/c18-14-5-7-15(8-6-14)24-9-10-25-17(21)12-20-26(22,23)16-4-2-1-3-13(16)11-19/h1-8,20H,9-10,12H2. The third-order valence-corrected chi connectivity index (χ3v) is 4.59. The summed E-state index contributed by atoms with van der Waals surface area (Å²) in [5.41, 5.74) is -0.0268. The Morgan fingerprint density at radius 1 is 1.12 bits per heavy atom. The van der Waals surface area contributed by atoms with Crippen molar-refractivity contribution in [2.24, 2.45) is 0 Å². The summed E-state index contributed by atoms with van der Waals surface area (Å²) in [6, 6.07) is 12.7. The van der Waals surface area contributed by atoms with E-state index < -0.39 is 28.4 Å². The Kier molecular flexibility index (Phi) is 6.66. The molecule has 0 bridgehead atoms. The van der Waals surface area contributed by atoms with Gasteiger partial charge in [-0.1, -0.05) is 12.1 Å². The number of benzene rings is 2. The van der Waals surface area contributed by atoms with Crippen LogP contribution in [-0.2, 0) is 19.6 Å². The van der Waals surface area contributed by atoms with E-state index in [4.69, 9.17) is 14.7 Å². The van der Waals surface area contributed by atoms with Crippen LogP contribution in [0.5, 0.6) is 5.75 Å². The highest BCUT2D eigenvalue weighted by Gasteiger charge is 2.19. The summed E-state index contributed by atoms with van der Waals surface area (Å²) in [6.45, 7) is -0.660. The zero-order valence-electron chi connectivity index (χ0n) is 13.5. The van der Waals surface area contributed by atoms with Gasteiger partial charge in [0.05, 0.1) is 10.5 Å². The maximum atomic E-state index is 12.7. The Hall–Kier alpha value is -2.96. The van der Waals surface area contributed by atoms with E-state index in [-0.39, 0.29) is 23.7 Å². The van der Waals surface area contributed by atoms with E-state index in [1.165, 1.54) is 48.5 Å². The van der Waals surface area contributed by atoms with Gasteiger partial charge >= 0.3 is 5.97 Å². The minimum atomic E-state index is -4.02. The van der Waals surface area contributed by atoms with Gasteiger partial charge in [0.25, 0.3) is 0 Å². The highest BCUT2D eigenvalue weighted by Crippen LogP contribution is 2.14. The van der Waals surface area contributed by atoms with Crippen LogP contribution in [0.2, 0.25) is 0 Å².